The Labute approximate surface area is 120 Å². The third kappa shape index (κ3) is 3.93. The van der Waals surface area contributed by atoms with Crippen molar-refractivity contribution in [2.24, 2.45) is 5.73 Å². The first-order valence-electron chi connectivity index (χ1n) is 6.34. The number of nitrogens with zero attached hydrogens (tertiary/aromatic N) is 1. The second-order valence-electron chi connectivity index (χ2n) is 4.72. The molecule has 4 nitrogen and oxygen atoms in total. The van der Waals surface area contributed by atoms with Crippen LogP contribution < -0.4 is 5.73 Å². The quantitative estimate of drug-likeness (QED) is 0.921. The maximum atomic E-state index is 12.4. The van der Waals surface area contributed by atoms with Crippen molar-refractivity contribution in [3.05, 3.63) is 35.4 Å². The van der Waals surface area contributed by atoms with E-state index in [0.29, 0.717) is 6.61 Å². The minimum absolute atomic E-state index is 0. The molecule has 2 N–H and O–H groups in total. The summed E-state index contributed by atoms with van der Waals surface area (Å²) in [6.45, 7) is 1.97. The van der Waals surface area contributed by atoms with E-state index < -0.39 is 0 Å². The van der Waals surface area contributed by atoms with Crippen LogP contribution in [0.2, 0.25) is 0 Å². The number of hydrogen-bond donors (Lipinski definition) is 1. The minimum atomic E-state index is 0. The average molecular weight is 285 g/mol. The number of nitrogens with two attached hydrogens (primary N) is 1. The number of piperidine rings is 1. The zero-order valence-corrected chi connectivity index (χ0v) is 12.0. The Kier molecular flexibility index (Phi) is 6.28. The van der Waals surface area contributed by atoms with E-state index in [4.69, 9.17) is 10.5 Å². The predicted octanol–water partition coefficient (Wildman–Crippen LogP) is 1.82. The first-order chi connectivity index (χ1) is 8.72. The van der Waals surface area contributed by atoms with E-state index in [1.54, 1.807) is 7.11 Å². The molecule has 0 atom stereocenters. The van der Waals surface area contributed by atoms with Crippen molar-refractivity contribution in [1.82, 2.24) is 4.90 Å². The van der Waals surface area contributed by atoms with E-state index in [-0.39, 0.29) is 24.4 Å². The van der Waals surface area contributed by atoms with Crippen LogP contribution in [0.25, 0.3) is 0 Å². The van der Waals surface area contributed by atoms with Gasteiger partial charge in [0.1, 0.15) is 0 Å². The minimum Gasteiger partial charge on any atom is -0.380 e. The lowest BCUT2D eigenvalue weighted by Crippen LogP contribution is -2.43. The van der Waals surface area contributed by atoms with Crippen LogP contribution in [0, 0.1) is 0 Å². The van der Waals surface area contributed by atoms with Gasteiger partial charge < -0.3 is 15.4 Å². The Bertz CT molecular complexity index is 418. The standard InChI is InChI=1S/C14H20N2O2.ClH/c1-18-10-11-4-2-3-5-13(11)14(17)16-8-6-12(15)7-9-16;/h2-5,12H,6-10,15H2,1H3;1H. The molecule has 0 aliphatic carbocycles. The van der Waals surface area contributed by atoms with E-state index in [0.717, 1.165) is 37.1 Å². The molecule has 0 spiro atoms. The Morgan fingerprint density at radius 1 is 1.37 bits per heavy atom. The van der Waals surface area contributed by atoms with Crippen LogP contribution in [-0.2, 0) is 11.3 Å². The second kappa shape index (κ2) is 7.48. The number of amides is 1. The van der Waals surface area contributed by atoms with E-state index in [1.165, 1.54) is 0 Å². The van der Waals surface area contributed by atoms with Crippen molar-refractivity contribution >= 4 is 18.3 Å². The molecule has 1 aliphatic rings. The highest BCUT2D eigenvalue weighted by molar-refractivity contribution is 5.95. The van der Waals surface area contributed by atoms with Crippen LogP contribution in [0.5, 0.6) is 0 Å². The average Bonchev–Trinajstić information content (AvgIpc) is 2.40. The van der Waals surface area contributed by atoms with Crippen LogP contribution in [0.15, 0.2) is 24.3 Å². The van der Waals surface area contributed by atoms with Gasteiger partial charge in [-0.15, -0.1) is 12.4 Å². The normalized spacial score (nSPS) is 16.0. The van der Waals surface area contributed by atoms with Gasteiger partial charge in [0.15, 0.2) is 0 Å². The zero-order valence-electron chi connectivity index (χ0n) is 11.2. The summed E-state index contributed by atoms with van der Waals surface area (Å²) in [6.07, 6.45) is 1.77. The van der Waals surface area contributed by atoms with E-state index >= 15 is 0 Å². The predicted molar refractivity (Wildman–Crippen MR) is 77.5 cm³/mol. The molecular weight excluding hydrogens is 264 g/mol. The molecule has 106 valence electrons. The summed E-state index contributed by atoms with van der Waals surface area (Å²) >= 11 is 0. The zero-order chi connectivity index (χ0) is 13.0. The lowest BCUT2D eigenvalue weighted by Gasteiger charge is -2.30. The third-order valence-corrected chi connectivity index (χ3v) is 3.37. The number of methoxy groups -OCH3 is 1. The molecule has 1 heterocycles. The molecule has 1 aliphatic heterocycles. The van der Waals surface area contributed by atoms with Crippen molar-refractivity contribution in [2.45, 2.75) is 25.5 Å². The highest BCUT2D eigenvalue weighted by Gasteiger charge is 2.22. The molecule has 0 aromatic heterocycles. The first-order valence-corrected chi connectivity index (χ1v) is 6.34. The Hall–Kier alpha value is -1.10. The molecular formula is C14H21ClN2O2. The molecule has 1 aromatic rings. The lowest BCUT2D eigenvalue weighted by atomic mass is 10.0. The van der Waals surface area contributed by atoms with Crippen molar-refractivity contribution in [3.8, 4) is 0 Å². The van der Waals surface area contributed by atoms with Crippen molar-refractivity contribution in [3.63, 3.8) is 0 Å². The fourth-order valence-corrected chi connectivity index (χ4v) is 2.28. The topological polar surface area (TPSA) is 55.6 Å². The summed E-state index contributed by atoms with van der Waals surface area (Å²) < 4.78 is 5.13. The smallest absolute Gasteiger partial charge is 0.254 e. The molecule has 2 rings (SSSR count). The first kappa shape index (κ1) is 16.0. The maximum Gasteiger partial charge on any atom is 0.254 e. The van der Waals surface area contributed by atoms with E-state index in [2.05, 4.69) is 0 Å². The number of hydrogen-bond acceptors (Lipinski definition) is 3. The summed E-state index contributed by atoms with van der Waals surface area (Å²) in [5.41, 5.74) is 7.54. The number of halogens is 1. The van der Waals surface area contributed by atoms with Gasteiger partial charge in [-0.3, -0.25) is 4.79 Å². The van der Waals surface area contributed by atoms with Gasteiger partial charge >= 0.3 is 0 Å². The number of benzene rings is 1. The number of likely N-dealkylation sites (tertiary alicyclic amines) is 1. The van der Waals surface area contributed by atoms with Crippen LogP contribution in [0.3, 0.4) is 0 Å². The molecule has 5 heteroatoms. The van der Waals surface area contributed by atoms with E-state index in [1.807, 2.05) is 29.2 Å². The second-order valence-corrected chi connectivity index (χ2v) is 4.72. The summed E-state index contributed by atoms with van der Waals surface area (Å²) in [5, 5.41) is 0. The van der Waals surface area contributed by atoms with Gasteiger partial charge in [0.2, 0.25) is 0 Å². The van der Waals surface area contributed by atoms with Crippen LogP contribution >= 0.6 is 12.4 Å². The summed E-state index contributed by atoms with van der Waals surface area (Å²) in [5.74, 6) is 0.0922. The fraction of sp³-hybridized carbons (Fsp3) is 0.500. The van der Waals surface area contributed by atoms with Gasteiger partial charge in [-0.05, 0) is 24.5 Å². The Balaban J connectivity index is 0.00000180. The Morgan fingerprint density at radius 2 is 2.00 bits per heavy atom. The number of ether oxygens (including phenoxy) is 1. The van der Waals surface area contributed by atoms with Gasteiger partial charge in [0.05, 0.1) is 6.61 Å². The SMILES string of the molecule is COCc1ccccc1C(=O)N1CCC(N)CC1.Cl. The highest BCUT2D eigenvalue weighted by Crippen LogP contribution is 2.16. The molecule has 19 heavy (non-hydrogen) atoms. The molecule has 1 saturated heterocycles. The molecule has 0 radical (unpaired) electrons. The number of rotatable bonds is 3. The molecule has 0 unspecified atom stereocenters. The third-order valence-electron chi connectivity index (χ3n) is 3.37. The fourth-order valence-electron chi connectivity index (χ4n) is 2.28. The lowest BCUT2D eigenvalue weighted by molar-refractivity contribution is 0.0710. The summed E-state index contributed by atoms with van der Waals surface area (Å²) in [6, 6.07) is 7.86. The van der Waals surface area contributed by atoms with Gasteiger partial charge in [-0.1, -0.05) is 18.2 Å². The Morgan fingerprint density at radius 3 is 2.63 bits per heavy atom. The monoisotopic (exact) mass is 284 g/mol. The number of carbonyl (C=O) groups is 1. The van der Waals surface area contributed by atoms with Gasteiger partial charge in [-0.25, -0.2) is 0 Å². The van der Waals surface area contributed by atoms with Crippen LogP contribution in [0.4, 0.5) is 0 Å². The van der Waals surface area contributed by atoms with Crippen molar-refractivity contribution < 1.29 is 9.53 Å². The van der Waals surface area contributed by atoms with Crippen LogP contribution in [-0.4, -0.2) is 37.0 Å². The molecule has 1 fully saturated rings. The van der Waals surface area contributed by atoms with Crippen molar-refractivity contribution in [1.29, 1.82) is 0 Å². The molecule has 0 bridgehead atoms. The van der Waals surface area contributed by atoms with Gasteiger partial charge in [0.25, 0.3) is 5.91 Å². The van der Waals surface area contributed by atoms with E-state index in [9.17, 15) is 4.79 Å². The summed E-state index contributed by atoms with van der Waals surface area (Å²) in [7, 11) is 1.64. The van der Waals surface area contributed by atoms with Gasteiger partial charge in [-0.2, -0.15) is 0 Å². The van der Waals surface area contributed by atoms with Crippen molar-refractivity contribution in [2.75, 3.05) is 20.2 Å². The molecule has 1 amide bonds. The van der Waals surface area contributed by atoms with Gasteiger partial charge in [0, 0.05) is 31.8 Å². The van der Waals surface area contributed by atoms with Crippen LogP contribution in [0.1, 0.15) is 28.8 Å². The molecule has 0 saturated carbocycles. The molecule has 1 aromatic carbocycles. The summed E-state index contributed by atoms with van der Waals surface area (Å²) in [4.78, 5) is 14.3. The largest absolute Gasteiger partial charge is 0.380 e. The maximum absolute atomic E-state index is 12.4. The number of carbonyl (C=O) groups excluding carboxylic acids is 1. The highest BCUT2D eigenvalue weighted by atomic mass is 35.5.